The number of amides is 2. The van der Waals surface area contributed by atoms with Crippen LogP contribution in [0.5, 0.6) is 0 Å². The van der Waals surface area contributed by atoms with Crippen LogP contribution >= 0.6 is 15.9 Å². The molecule has 0 aliphatic heterocycles. The van der Waals surface area contributed by atoms with Crippen LogP contribution in [0.2, 0.25) is 0 Å². The molecule has 0 fully saturated rings. The zero-order valence-corrected chi connectivity index (χ0v) is 12.6. The van der Waals surface area contributed by atoms with Gasteiger partial charge < -0.3 is 11.1 Å². The van der Waals surface area contributed by atoms with E-state index >= 15 is 0 Å². The summed E-state index contributed by atoms with van der Waals surface area (Å²) in [7, 11) is 0. The third kappa shape index (κ3) is 4.09. The first kappa shape index (κ1) is 15.1. The molecule has 0 unspecified atom stereocenters. The maximum atomic E-state index is 12.0. The molecule has 6 nitrogen and oxygen atoms in total. The molecular weight excluding hydrogens is 336 g/mol. The largest absolute Gasteiger partial charge is 0.368 e. The van der Waals surface area contributed by atoms with Crippen molar-refractivity contribution in [3.05, 3.63) is 58.6 Å². The molecule has 7 heteroatoms. The predicted molar refractivity (Wildman–Crippen MR) is 80.3 cm³/mol. The highest BCUT2D eigenvalue weighted by Gasteiger charge is 2.20. The Bertz CT molecular complexity index is 648. The Balaban J connectivity index is 2.12. The minimum Gasteiger partial charge on any atom is -0.368 e. The van der Waals surface area contributed by atoms with Gasteiger partial charge >= 0.3 is 0 Å². The number of rotatable bonds is 5. The number of hydrogen-bond acceptors (Lipinski definition) is 4. The Hall–Kier alpha value is -2.28. The maximum absolute atomic E-state index is 12.0. The highest BCUT2D eigenvalue weighted by Crippen LogP contribution is 2.14. The number of halogens is 1. The third-order valence-electron chi connectivity index (χ3n) is 2.83. The normalized spacial score (nSPS) is 11.7. The van der Waals surface area contributed by atoms with E-state index in [1.165, 1.54) is 6.20 Å². The van der Waals surface area contributed by atoms with Crippen LogP contribution in [0.4, 0.5) is 0 Å². The Morgan fingerprint density at radius 1 is 1.29 bits per heavy atom. The van der Waals surface area contributed by atoms with Gasteiger partial charge in [-0.3, -0.25) is 14.6 Å². The first-order chi connectivity index (χ1) is 10.1. The SMILES string of the molecule is NC(=O)[C@@H](Cc1cccnc1Br)NC(=O)c1cccnc1. The number of carbonyl (C=O) groups is 2. The first-order valence-electron chi connectivity index (χ1n) is 6.17. The van der Waals surface area contributed by atoms with Crippen molar-refractivity contribution < 1.29 is 9.59 Å². The summed E-state index contributed by atoms with van der Waals surface area (Å²) in [5, 5.41) is 2.61. The number of pyridine rings is 2. The van der Waals surface area contributed by atoms with Crippen molar-refractivity contribution >= 4 is 27.7 Å². The van der Waals surface area contributed by atoms with Crippen LogP contribution in [0.25, 0.3) is 0 Å². The predicted octanol–water partition coefficient (Wildman–Crippen LogP) is 1.07. The van der Waals surface area contributed by atoms with E-state index in [9.17, 15) is 9.59 Å². The van der Waals surface area contributed by atoms with E-state index in [-0.39, 0.29) is 6.42 Å². The van der Waals surface area contributed by atoms with Crippen LogP contribution in [0.3, 0.4) is 0 Å². The lowest BCUT2D eigenvalue weighted by Gasteiger charge is -2.16. The van der Waals surface area contributed by atoms with Gasteiger partial charge in [0.05, 0.1) is 5.56 Å². The van der Waals surface area contributed by atoms with Crippen molar-refractivity contribution in [2.45, 2.75) is 12.5 Å². The average Bonchev–Trinajstić information content (AvgIpc) is 2.49. The number of hydrogen-bond donors (Lipinski definition) is 2. The zero-order chi connectivity index (χ0) is 15.2. The molecule has 21 heavy (non-hydrogen) atoms. The van der Waals surface area contributed by atoms with Gasteiger partial charge in [-0.05, 0) is 39.7 Å². The fourth-order valence-corrected chi connectivity index (χ4v) is 2.17. The number of nitrogens with one attached hydrogen (secondary N) is 1. The minimum atomic E-state index is -0.821. The fourth-order valence-electron chi connectivity index (χ4n) is 1.75. The van der Waals surface area contributed by atoms with Crippen molar-refractivity contribution in [1.29, 1.82) is 0 Å². The smallest absolute Gasteiger partial charge is 0.253 e. The van der Waals surface area contributed by atoms with E-state index in [1.807, 2.05) is 6.07 Å². The molecule has 0 aliphatic carbocycles. The lowest BCUT2D eigenvalue weighted by atomic mass is 10.1. The molecule has 0 saturated heterocycles. The van der Waals surface area contributed by atoms with E-state index in [0.717, 1.165) is 5.56 Å². The molecule has 2 aromatic heterocycles. The molecule has 3 N–H and O–H groups in total. The van der Waals surface area contributed by atoms with E-state index in [0.29, 0.717) is 10.2 Å². The van der Waals surface area contributed by atoms with E-state index in [2.05, 4.69) is 31.2 Å². The van der Waals surface area contributed by atoms with Gasteiger partial charge in [0.1, 0.15) is 10.6 Å². The molecule has 0 spiro atoms. The summed E-state index contributed by atoms with van der Waals surface area (Å²) in [4.78, 5) is 31.5. The van der Waals surface area contributed by atoms with Crippen LogP contribution in [0, 0.1) is 0 Å². The highest BCUT2D eigenvalue weighted by molar-refractivity contribution is 9.10. The van der Waals surface area contributed by atoms with Crippen LogP contribution in [-0.2, 0) is 11.2 Å². The molecule has 0 bridgehead atoms. The number of primary amides is 1. The van der Waals surface area contributed by atoms with Crippen LogP contribution in [0.15, 0.2) is 47.5 Å². The number of nitrogens with zero attached hydrogens (tertiary/aromatic N) is 2. The van der Waals surface area contributed by atoms with E-state index in [1.54, 1.807) is 30.6 Å². The maximum Gasteiger partial charge on any atom is 0.253 e. The molecule has 2 heterocycles. The van der Waals surface area contributed by atoms with E-state index < -0.39 is 17.9 Å². The summed E-state index contributed by atoms with van der Waals surface area (Å²) in [5.74, 6) is -1.00. The lowest BCUT2D eigenvalue weighted by Crippen LogP contribution is -2.45. The second-order valence-corrected chi connectivity index (χ2v) is 5.08. The van der Waals surface area contributed by atoms with Crippen LogP contribution in [0.1, 0.15) is 15.9 Å². The summed E-state index contributed by atoms with van der Waals surface area (Å²) < 4.78 is 0.617. The fraction of sp³-hybridized carbons (Fsp3) is 0.143. The summed E-state index contributed by atoms with van der Waals surface area (Å²) in [6.07, 6.45) is 4.87. The quantitative estimate of drug-likeness (QED) is 0.789. The van der Waals surface area contributed by atoms with Gasteiger partial charge in [0.15, 0.2) is 0 Å². The molecule has 2 aromatic rings. The van der Waals surface area contributed by atoms with Crippen molar-refractivity contribution in [3.8, 4) is 0 Å². The summed E-state index contributed by atoms with van der Waals surface area (Å²) in [6.45, 7) is 0. The molecule has 2 amide bonds. The van der Waals surface area contributed by atoms with Gasteiger partial charge in [0.25, 0.3) is 5.91 Å². The van der Waals surface area contributed by atoms with Crippen LogP contribution < -0.4 is 11.1 Å². The van der Waals surface area contributed by atoms with E-state index in [4.69, 9.17) is 5.73 Å². The Morgan fingerprint density at radius 2 is 2.05 bits per heavy atom. The first-order valence-corrected chi connectivity index (χ1v) is 6.97. The Labute approximate surface area is 129 Å². The van der Waals surface area contributed by atoms with Gasteiger partial charge in [-0.25, -0.2) is 4.98 Å². The Kier molecular flexibility index (Phi) is 4.99. The topological polar surface area (TPSA) is 98.0 Å². The molecule has 0 saturated carbocycles. The second-order valence-electron chi connectivity index (χ2n) is 4.33. The molecule has 108 valence electrons. The van der Waals surface area contributed by atoms with Gasteiger partial charge in [-0.15, -0.1) is 0 Å². The number of aromatic nitrogens is 2. The van der Waals surface area contributed by atoms with Crippen LogP contribution in [-0.4, -0.2) is 27.8 Å². The van der Waals surface area contributed by atoms with Gasteiger partial charge in [0.2, 0.25) is 5.91 Å². The highest BCUT2D eigenvalue weighted by atomic mass is 79.9. The summed E-state index contributed by atoms with van der Waals surface area (Å²) >= 11 is 3.30. The monoisotopic (exact) mass is 348 g/mol. The molecular formula is C14H13BrN4O2. The molecule has 0 aliphatic rings. The molecule has 0 radical (unpaired) electrons. The van der Waals surface area contributed by atoms with Crippen molar-refractivity contribution in [1.82, 2.24) is 15.3 Å². The summed E-state index contributed by atoms with van der Waals surface area (Å²) in [6, 6.07) is 5.99. The lowest BCUT2D eigenvalue weighted by molar-refractivity contribution is -0.119. The second kappa shape index (κ2) is 6.94. The summed E-state index contributed by atoms with van der Waals surface area (Å²) in [5.41, 5.74) is 6.51. The zero-order valence-electron chi connectivity index (χ0n) is 11.0. The number of carbonyl (C=O) groups excluding carboxylic acids is 2. The average molecular weight is 349 g/mol. The number of nitrogens with two attached hydrogens (primary N) is 1. The van der Waals surface area contributed by atoms with Crippen molar-refractivity contribution in [2.75, 3.05) is 0 Å². The Morgan fingerprint density at radius 3 is 2.67 bits per heavy atom. The molecule has 2 rings (SSSR count). The molecule has 1 atom stereocenters. The van der Waals surface area contributed by atoms with Gasteiger partial charge in [0, 0.05) is 25.0 Å². The third-order valence-corrected chi connectivity index (χ3v) is 3.55. The van der Waals surface area contributed by atoms with Crippen molar-refractivity contribution in [3.63, 3.8) is 0 Å². The molecule has 0 aromatic carbocycles. The minimum absolute atomic E-state index is 0.260. The standard InChI is InChI=1S/C14H13BrN4O2/c15-12-9(3-2-6-18-12)7-11(13(16)20)19-14(21)10-4-1-5-17-8-10/h1-6,8,11H,7H2,(H2,16,20)(H,19,21)/t11-/m1/s1. The van der Waals surface area contributed by atoms with Gasteiger partial charge in [-0.2, -0.15) is 0 Å². The van der Waals surface area contributed by atoms with Crippen molar-refractivity contribution in [2.24, 2.45) is 5.73 Å². The van der Waals surface area contributed by atoms with Gasteiger partial charge in [-0.1, -0.05) is 6.07 Å².